The van der Waals surface area contributed by atoms with Gasteiger partial charge < -0.3 is 21.3 Å². The average Bonchev–Trinajstić information content (AvgIpc) is 2.89. The van der Waals surface area contributed by atoms with Crippen LogP contribution in [0.3, 0.4) is 0 Å². The van der Waals surface area contributed by atoms with Crippen molar-refractivity contribution in [2.24, 2.45) is 0 Å². The molecule has 7 nitrogen and oxygen atoms in total. The fraction of sp³-hybridized carbons (Fsp3) is 0.276. The van der Waals surface area contributed by atoms with Gasteiger partial charge in [0.05, 0.1) is 6.54 Å². The van der Waals surface area contributed by atoms with E-state index in [2.05, 4.69) is 21.3 Å². The monoisotopic (exact) mass is 484 g/mol. The van der Waals surface area contributed by atoms with E-state index in [1.165, 1.54) is 6.42 Å². The quantitative estimate of drug-likeness (QED) is 0.346. The lowest BCUT2D eigenvalue weighted by Crippen LogP contribution is -2.36. The summed E-state index contributed by atoms with van der Waals surface area (Å²) in [6.45, 7) is 1.99. The normalized spacial score (nSPS) is 13.5. The molecule has 0 bridgehead atoms. The van der Waals surface area contributed by atoms with Crippen molar-refractivity contribution in [2.45, 2.75) is 45.1 Å². The fourth-order valence-corrected chi connectivity index (χ4v) is 4.30. The molecule has 3 aromatic rings. The zero-order valence-corrected chi connectivity index (χ0v) is 20.5. The first-order valence-electron chi connectivity index (χ1n) is 12.4. The summed E-state index contributed by atoms with van der Waals surface area (Å²) < 4.78 is 0. The van der Waals surface area contributed by atoms with Gasteiger partial charge in [0.1, 0.15) is 0 Å². The Morgan fingerprint density at radius 2 is 1.36 bits per heavy atom. The number of benzene rings is 3. The lowest BCUT2D eigenvalue weighted by molar-refractivity contribution is -0.114. The van der Waals surface area contributed by atoms with Crippen LogP contribution in [0.2, 0.25) is 0 Å². The Morgan fingerprint density at radius 1 is 0.722 bits per heavy atom. The molecule has 36 heavy (non-hydrogen) atoms. The third-order valence-electron chi connectivity index (χ3n) is 6.23. The van der Waals surface area contributed by atoms with E-state index in [1.807, 2.05) is 31.2 Å². The number of nitrogens with one attached hydrogen (secondary N) is 4. The molecule has 0 heterocycles. The molecular formula is C29H32N4O3. The van der Waals surface area contributed by atoms with Crippen LogP contribution in [0.25, 0.3) is 0 Å². The summed E-state index contributed by atoms with van der Waals surface area (Å²) >= 11 is 0. The van der Waals surface area contributed by atoms with Crippen molar-refractivity contribution < 1.29 is 14.4 Å². The first-order chi connectivity index (χ1) is 17.5. The van der Waals surface area contributed by atoms with Crippen molar-refractivity contribution in [1.29, 1.82) is 0 Å². The van der Waals surface area contributed by atoms with Crippen LogP contribution in [0, 0.1) is 6.92 Å². The molecule has 4 rings (SSSR count). The van der Waals surface area contributed by atoms with Gasteiger partial charge in [0.2, 0.25) is 5.91 Å². The van der Waals surface area contributed by atoms with Crippen LogP contribution in [-0.4, -0.2) is 30.3 Å². The van der Waals surface area contributed by atoms with E-state index in [0.29, 0.717) is 28.2 Å². The fourth-order valence-electron chi connectivity index (χ4n) is 4.30. The Hall–Kier alpha value is -4.13. The first kappa shape index (κ1) is 25.0. The van der Waals surface area contributed by atoms with E-state index in [9.17, 15) is 14.4 Å². The number of carbonyl (C=O) groups excluding carboxylic acids is 3. The summed E-state index contributed by atoms with van der Waals surface area (Å²) in [5.41, 5.74) is 4.15. The molecule has 1 aliphatic rings. The van der Waals surface area contributed by atoms with E-state index >= 15 is 0 Å². The molecule has 0 spiro atoms. The zero-order valence-electron chi connectivity index (χ0n) is 20.5. The van der Waals surface area contributed by atoms with Gasteiger partial charge in [0, 0.05) is 34.2 Å². The molecule has 0 atom stereocenters. The van der Waals surface area contributed by atoms with Gasteiger partial charge in [-0.05, 0) is 74.4 Å². The third kappa shape index (κ3) is 7.18. The molecule has 4 N–H and O–H groups in total. The van der Waals surface area contributed by atoms with Crippen molar-refractivity contribution in [3.05, 3.63) is 89.5 Å². The second-order valence-corrected chi connectivity index (χ2v) is 9.19. The molecule has 1 fully saturated rings. The SMILES string of the molecule is Cc1cccc(C(=O)Nc2ccc(NC(=O)CNc3cccc(C(=O)NC4CCCCC4)c3)cc2)c1. The molecule has 1 aliphatic carbocycles. The second kappa shape index (κ2) is 12.0. The maximum Gasteiger partial charge on any atom is 0.255 e. The van der Waals surface area contributed by atoms with Crippen LogP contribution >= 0.6 is 0 Å². The molecule has 186 valence electrons. The minimum atomic E-state index is -0.219. The van der Waals surface area contributed by atoms with E-state index in [0.717, 1.165) is 31.2 Å². The lowest BCUT2D eigenvalue weighted by atomic mass is 9.95. The Morgan fingerprint density at radius 3 is 2.06 bits per heavy atom. The Bertz CT molecular complexity index is 1220. The van der Waals surface area contributed by atoms with Gasteiger partial charge in [-0.25, -0.2) is 0 Å². The number of aryl methyl sites for hydroxylation is 1. The second-order valence-electron chi connectivity index (χ2n) is 9.19. The lowest BCUT2D eigenvalue weighted by Gasteiger charge is -2.22. The highest BCUT2D eigenvalue weighted by molar-refractivity contribution is 6.04. The predicted molar refractivity (Wildman–Crippen MR) is 143 cm³/mol. The van der Waals surface area contributed by atoms with Gasteiger partial charge in [-0.2, -0.15) is 0 Å². The Balaban J connectivity index is 1.25. The van der Waals surface area contributed by atoms with Gasteiger partial charge >= 0.3 is 0 Å². The van der Waals surface area contributed by atoms with Crippen molar-refractivity contribution in [3.63, 3.8) is 0 Å². The summed E-state index contributed by atoms with van der Waals surface area (Å²) in [7, 11) is 0. The van der Waals surface area contributed by atoms with E-state index in [4.69, 9.17) is 0 Å². The largest absolute Gasteiger partial charge is 0.376 e. The molecule has 0 aliphatic heterocycles. The molecule has 0 saturated heterocycles. The van der Waals surface area contributed by atoms with Crippen LogP contribution in [0.1, 0.15) is 58.4 Å². The van der Waals surface area contributed by atoms with Crippen molar-refractivity contribution >= 4 is 34.8 Å². The maximum absolute atomic E-state index is 12.6. The summed E-state index contributed by atoms with van der Waals surface area (Å²) in [6.07, 6.45) is 5.62. The van der Waals surface area contributed by atoms with E-state index in [-0.39, 0.29) is 30.3 Å². The third-order valence-corrected chi connectivity index (χ3v) is 6.23. The van der Waals surface area contributed by atoms with Crippen molar-refractivity contribution in [3.8, 4) is 0 Å². The van der Waals surface area contributed by atoms with Crippen LogP contribution in [0.15, 0.2) is 72.8 Å². The van der Waals surface area contributed by atoms with Gasteiger partial charge in [0.25, 0.3) is 11.8 Å². The summed E-state index contributed by atoms with van der Waals surface area (Å²) in [4.78, 5) is 37.4. The number of amides is 3. The topological polar surface area (TPSA) is 99.3 Å². The summed E-state index contributed by atoms with van der Waals surface area (Å²) in [6, 6.07) is 21.8. The van der Waals surface area contributed by atoms with Crippen LogP contribution in [0.5, 0.6) is 0 Å². The number of hydrogen-bond acceptors (Lipinski definition) is 4. The van der Waals surface area contributed by atoms with Gasteiger partial charge in [-0.1, -0.05) is 43.0 Å². The predicted octanol–water partition coefficient (Wildman–Crippen LogP) is 5.36. The molecular weight excluding hydrogens is 452 g/mol. The molecule has 0 radical (unpaired) electrons. The van der Waals surface area contributed by atoms with Crippen LogP contribution < -0.4 is 21.3 Å². The molecule has 1 saturated carbocycles. The average molecular weight is 485 g/mol. The van der Waals surface area contributed by atoms with Crippen molar-refractivity contribution in [2.75, 3.05) is 22.5 Å². The molecule has 3 amide bonds. The van der Waals surface area contributed by atoms with E-state index in [1.54, 1.807) is 48.5 Å². The Labute approximate surface area is 211 Å². The highest BCUT2D eigenvalue weighted by Crippen LogP contribution is 2.19. The standard InChI is InChI=1S/C29H32N4O3/c1-20-7-5-8-21(17-20)28(35)33-25-15-13-24(14-16-25)31-27(34)19-30-26-12-6-9-22(18-26)29(36)32-23-10-3-2-4-11-23/h5-9,12-18,23,30H,2-4,10-11,19H2,1H3,(H,31,34)(H,32,36)(H,33,35). The Kier molecular flexibility index (Phi) is 8.34. The smallest absolute Gasteiger partial charge is 0.255 e. The number of rotatable bonds is 8. The first-order valence-corrected chi connectivity index (χ1v) is 12.4. The maximum atomic E-state index is 12.6. The van der Waals surface area contributed by atoms with Gasteiger partial charge in [0.15, 0.2) is 0 Å². The minimum Gasteiger partial charge on any atom is -0.376 e. The van der Waals surface area contributed by atoms with Gasteiger partial charge in [-0.3, -0.25) is 14.4 Å². The highest BCUT2D eigenvalue weighted by Gasteiger charge is 2.17. The number of anilines is 3. The minimum absolute atomic E-state index is 0.0551. The van der Waals surface area contributed by atoms with Gasteiger partial charge in [-0.15, -0.1) is 0 Å². The number of hydrogen-bond donors (Lipinski definition) is 4. The molecule has 0 unspecified atom stereocenters. The van der Waals surface area contributed by atoms with Crippen molar-refractivity contribution in [1.82, 2.24) is 5.32 Å². The molecule has 3 aromatic carbocycles. The van der Waals surface area contributed by atoms with Crippen LogP contribution in [-0.2, 0) is 4.79 Å². The summed E-state index contributed by atoms with van der Waals surface area (Å²) in [5, 5.41) is 11.9. The summed E-state index contributed by atoms with van der Waals surface area (Å²) in [5.74, 6) is -0.484. The zero-order chi connectivity index (χ0) is 25.3. The number of carbonyl (C=O) groups is 3. The van der Waals surface area contributed by atoms with Crippen LogP contribution in [0.4, 0.5) is 17.1 Å². The highest BCUT2D eigenvalue weighted by atomic mass is 16.2. The molecule has 0 aromatic heterocycles. The van der Waals surface area contributed by atoms with E-state index < -0.39 is 0 Å². The molecule has 7 heteroatoms.